The number of carbonyl (C=O) groups excluding carboxylic acids is 4. The number of carbonyl (C=O) groups is 4. The van der Waals surface area contributed by atoms with Crippen molar-refractivity contribution in [2.75, 3.05) is 6.26 Å². The van der Waals surface area contributed by atoms with Gasteiger partial charge in [0.1, 0.15) is 0 Å². The number of aromatic amines is 2. The molecule has 0 radical (unpaired) electrons. The van der Waals surface area contributed by atoms with Crippen LogP contribution in [0.2, 0.25) is 0 Å². The number of aromatic nitrogens is 2. The summed E-state index contributed by atoms with van der Waals surface area (Å²) in [7, 11) is -4.32. The quantitative estimate of drug-likeness (QED) is 0.194. The first kappa shape index (κ1) is 25.3. The molecule has 0 amide bonds. The number of benzene rings is 2. The number of sulfone groups is 1. The molecule has 0 aliphatic heterocycles. The number of nitrogens with one attached hydrogen (secondary N) is 2. The van der Waals surface area contributed by atoms with E-state index < -0.39 is 27.0 Å². The number of rotatable bonds is 9. The zero-order valence-electron chi connectivity index (χ0n) is 19.3. The smallest absolute Gasteiger partial charge is 0.342 e. The number of hydrogen-bond donors (Lipinski definition) is 2. The van der Waals surface area contributed by atoms with Crippen molar-refractivity contribution in [3.63, 3.8) is 0 Å². The van der Waals surface area contributed by atoms with Gasteiger partial charge in [0.25, 0.3) is 5.25 Å². The average molecular weight is 521 g/mol. The third-order valence-corrected chi connectivity index (χ3v) is 6.40. The molecule has 0 saturated heterocycles. The maximum absolute atomic E-state index is 12.7. The third-order valence-electron chi connectivity index (χ3n) is 5.16. The van der Waals surface area contributed by atoms with Crippen molar-refractivity contribution in [1.82, 2.24) is 9.97 Å². The van der Waals surface area contributed by atoms with Crippen LogP contribution in [0.5, 0.6) is 11.8 Å². The average Bonchev–Trinajstić information content (AvgIpc) is 3.53. The van der Waals surface area contributed by atoms with Crippen molar-refractivity contribution in [2.45, 2.75) is 5.25 Å². The molecule has 11 heteroatoms. The Morgan fingerprint density at radius 1 is 0.622 bits per heavy atom. The molecule has 0 unspecified atom stereocenters. The first-order chi connectivity index (χ1) is 17.6. The molecule has 2 aromatic carbocycles. The Kier molecular flexibility index (Phi) is 7.16. The molecule has 0 aliphatic carbocycles. The molecule has 0 bridgehead atoms. The van der Waals surface area contributed by atoms with Crippen LogP contribution >= 0.6 is 0 Å². The van der Waals surface area contributed by atoms with Crippen molar-refractivity contribution in [1.29, 1.82) is 0 Å². The van der Waals surface area contributed by atoms with Gasteiger partial charge in [-0.2, -0.15) is 0 Å². The summed E-state index contributed by atoms with van der Waals surface area (Å²) in [6.07, 6.45) is 0.679. The normalized spacial score (nSPS) is 11.2. The van der Waals surface area contributed by atoms with E-state index in [1.54, 1.807) is 60.7 Å². The first-order valence-electron chi connectivity index (χ1n) is 10.8. The fraction of sp³-hybridized carbons (Fsp3) is 0.0769. The summed E-state index contributed by atoms with van der Waals surface area (Å²) < 4.78 is 34.6. The van der Waals surface area contributed by atoms with Crippen LogP contribution in [0.3, 0.4) is 0 Å². The Balaban J connectivity index is 1.47. The second-order valence-corrected chi connectivity index (χ2v) is 10.0. The summed E-state index contributed by atoms with van der Waals surface area (Å²) in [5, 5.41) is -2.32. The van der Waals surface area contributed by atoms with Gasteiger partial charge in [-0.25, -0.2) is 18.0 Å². The van der Waals surface area contributed by atoms with Crippen molar-refractivity contribution >= 4 is 33.3 Å². The minimum absolute atomic E-state index is 0.0921. The van der Waals surface area contributed by atoms with E-state index in [0.29, 0.717) is 17.4 Å². The molecule has 0 spiro atoms. The van der Waals surface area contributed by atoms with Gasteiger partial charge >= 0.3 is 11.9 Å². The van der Waals surface area contributed by atoms with Crippen LogP contribution in [0.15, 0.2) is 84.9 Å². The lowest BCUT2D eigenvalue weighted by molar-refractivity contribution is -0.143. The SMILES string of the molecule is CS(=O)(=O)C(C(=O)Oc1ccc(C(=O)c2ccccc2)[nH]1)C(=O)Oc1ccc(C(=O)c2ccccc2)[nH]1. The van der Waals surface area contributed by atoms with Gasteiger partial charge in [-0.3, -0.25) is 9.59 Å². The van der Waals surface area contributed by atoms with E-state index in [0.717, 1.165) is 0 Å². The monoisotopic (exact) mass is 520 g/mol. The molecule has 4 aromatic rings. The Labute approximate surface area is 211 Å². The van der Waals surface area contributed by atoms with E-state index in [-0.39, 0.29) is 34.7 Å². The van der Waals surface area contributed by atoms with Crippen LogP contribution in [-0.4, -0.2) is 53.4 Å². The molecule has 2 heterocycles. The maximum atomic E-state index is 12.7. The summed E-state index contributed by atoms with van der Waals surface area (Å²) in [6, 6.07) is 21.9. The molecule has 37 heavy (non-hydrogen) atoms. The largest absolute Gasteiger partial charge is 0.408 e. The van der Waals surface area contributed by atoms with Crippen LogP contribution in [0.25, 0.3) is 0 Å². The van der Waals surface area contributed by atoms with Gasteiger partial charge in [-0.1, -0.05) is 60.7 Å². The number of ether oxygens (including phenoxy) is 2. The molecule has 10 nitrogen and oxygen atoms in total. The Bertz CT molecular complexity index is 1470. The lowest BCUT2D eigenvalue weighted by Crippen LogP contribution is -2.42. The molecular weight excluding hydrogens is 500 g/mol. The van der Waals surface area contributed by atoms with Crippen molar-refractivity contribution in [3.05, 3.63) is 107 Å². The van der Waals surface area contributed by atoms with Gasteiger partial charge in [0, 0.05) is 29.5 Å². The van der Waals surface area contributed by atoms with Crippen LogP contribution in [0.4, 0.5) is 0 Å². The molecule has 188 valence electrons. The number of esters is 2. The second-order valence-electron chi connectivity index (χ2n) is 7.91. The molecule has 0 saturated carbocycles. The van der Waals surface area contributed by atoms with Crippen LogP contribution in [0.1, 0.15) is 32.1 Å². The molecule has 2 aromatic heterocycles. The second kappa shape index (κ2) is 10.5. The van der Waals surface area contributed by atoms with Crippen LogP contribution in [-0.2, 0) is 19.4 Å². The third kappa shape index (κ3) is 5.90. The molecule has 0 fully saturated rings. The number of H-pyrrole nitrogens is 2. The maximum Gasteiger partial charge on any atom is 0.342 e. The molecule has 4 rings (SSSR count). The van der Waals surface area contributed by atoms with Crippen LogP contribution < -0.4 is 9.47 Å². The van der Waals surface area contributed by atoms with Gasteiger partial charge in [-0.15, -0.1) is 0 Å². The summed E-state index contributed by atoms with van der Waals surface area (Å²) in [6.45, 7) is 0. The standard InChI is InChI=1S/C26H20N2O8S/c1-37(33,34)24(25(31)35-20-14-12-18(27-20)22(29)16-8-4-2-5-9-16)26(32)36-21-15-13-19(28-21)23(30)17-10-6-3-7-11-17/h2-15,24,27-28H,1H3. The van der Waals surface area contributed by atoms with Gasteiger partial charge < -0.3 is 19.4 Å². The highest BCUT2D eigenvalue weighted by molar-refractivity contribution is 7.92. The lowest BCUT2D eigenvalue weighted by atomic mass is 10.1. The summed E-state index contributed by atoms with van der Waals surface area (Å²) in [4.78, 5) is 55.5. The highest BCUT2D eigenvalue weighted by Crippen LogP contribution is 2.19. The Morgan fingerprint density at radius 3 is 1.35 bits per heavy atom. The zero-order chi connectivity index (χ0) is 26.6. The van der Waals surface area contributed by atoms with Crippen LogP contribution in [0, 0.1) is 0 Å². The van der Waals surface area contributed by atoms with Gasteiger partial charge in [0.15, 0.2) is 9.84 Å². The van der Waals surface area contributed by atoms with Crippen molar-refractivity contribution in [3.8, 4) is 11.8 Å². The van der Waals surface area contributed by atoms with E-state index in [2.05, 4.69) is 9.97 Å². The highest BCUT2D eigenvalue weighted by Gasteiger charge is 2.40. The predicted octanol–water partition coefficient (Wildman–Crippen LogP) is 2.73. The van der Waals surface area contributed by atoms with Gasteiger partial charge in [0.2, 0.25) is 23.3 Å². The van der Waals surface area contributed by atoms with Gasteiger partial charge in [-0.05, 0) is 12.1 Å². The summed E-state index contributed by atoms with van der Waals surface area (Å²) in [5.41, 5.74) is 0.954. The zero-order valence-corrected chi connectivity index (χ0v) is 20.2. The molecular formula is C26H20N2O8S. The summed E-state index contributed by atoms with van der Waals surface area (Å²) in [5.74, 6) is -4.09. The van der Waals surface area contributed by atoms with Gasteiger partial charge in [0.05, 0.1) is 11.4 Å². The van der Waals surface area contributed by atoms with E-state index in [9.17, 15) is 27.6 Å². The fourth-order valence-corrected chi connectivity index (χ4v) is 4.19. The predicted molar refractivity (Wildman–Crippen MR) is 131 cm³/mol. The number of hydrogen-bond acceptors (Lipinski definition) is 8. The lowest BCUT2D eigenvalue weighted by Gasteiger charge is -2.12. The topological polar surface area (TPSA) is 152 Å². The molecule has 0 atom stereocenters. The van der Waals surface area contributed by atoms with Crippen molar-refractivity contribution in [2.24, 2.45) is 0 Å². The van der Waals surface area contributed by atoms with E-state index in [4.69, 9.17) is 9.47 Å². The summed E-state index contributed by atoms with van der Waals surface area (Å²) >= 11 is 0. The van der Waals surface area contributed by atoms with E-state index in [1.807, 2.05) is 0 Å². The first-order valence-corrected chi connectivity index (χ1v) is 12.8. The van der Waals surface area contributed by atoms with E-state index >= 15 is 0 Å². The molecule has 0 aliphatic rings. The minimum Gasteiger partial charge on any atom is -0.408 e. The Morgan fingerprint density at radius 2 is 1.00 bits per heavy atom. The minimum atomic E-state index is -4.32. The van der Waals surface area contributed by atoms with E-state index in [1.165, 1.54) is 24.3 Å². The molecule has 2 N–H and O–H groups in total. The number of ketones is 2. The van der Waals surface area contributed by atoms with Crippen molar-refractivity contribution < 1.29 is 37.1 Å². The highest BCUT2D eigenvalue weighted by atomic mass is 32.2. The Hall–Kier alpha value is -4.77. The fourth-order valence-electron chi connectivity index (χ4n) is 3.39.